The average molecular weight is 345 g/mol. The maximum atomic E-state index is 12.4. The fourth-order valence-corrected chi connectivity index (χ4v) is 2.47. The fourth-order valence-electron chi connectivity index (χ4n) is 2.35. The van der Waals surface area contributed by atoms with E-state index in [2.05, 4.69) is 15.3 Å². The van der Waals surface area contributed by atoms with Gasteiger partial charge in [-0.15, -0.1) is 0 Å². The van der Waals surface area contributed by atoms with Crippen LogP contribution in [-0.2, 0) is 9.59 Å². The monoisotopic (exact) mass is 344 g/mol. The second-order valence-corrected chi connectivity index (χ2v) is 5.63. The Morgan fingerprint density at radius 1 is 1.29 bits per heavy atom. The fraction of sp³-hybridized carbons (Fsp3) is 0.188. The molecule has 0 spiro atoms. The molecule has 0 aromatic carbocycles. The van der Waals surface area contributed by atoms with Crippen molar-refractivity contribution in [3.05, 3.63) is 47.7 Å². The van der Waals surface area contributed by atoms with Crippen LogP contribution in [-0.4, -0.2) is 40.0 Å². The van der Waals surface area contributed by atoms with E-state index in [1.807, 2.05) is 0 Å². The lowest BCUT2D eigenvalue weighted by atomic mass is 9.95. The summed E-state index contributed by atoms with van der Waals surface area (Å²) in [6.45, 7) is -0.0398. The predicted molar refractivity (Wildman–Crippen MR) is 88.8 cm³/mol. The molecule has 4 amide bonds. The second-order valence-electron chi connectivity index (χ2n) is 5.19. The van der Waals surface area contributed by atoms with E-state index in [9.17, 15) is 14.4 Å². The molecule has 1 aromatic rings. The van der Waals surface area contributed by atoms with E-state index < -0.39 is 11.9 Å². The van der Waals surface area contributed by atoms with Crippen LogP contribution in [0.25, 0.3) is 0 Å². The van der Waals surface area contributed by atoms with Gasteiger partial charge in [0.2, 0.25) is 11.8 Å². The molecule has 0 fully saturated rings. The van der Waals surface area contributed by atoms with Crippen molar-refractivity contribution in [3.8, 4) is 0 Å². The highest BCUT2D eigenvalue weighted by Gasteiger charge is 2.35. The lowest BCUT2D eigenvalue weighted by molar-refractivity contribution is -0.129. The van der Waals surface area contributed by atoms with E-state index in [0.717, 1.165) is 4.90 Å². The maximum Gasteiger partial charge on any atom is 0.350 e. The summed E-state index contributed by atoms with van der Waals surface area (Å²) in [4.78, 5) is 45.1. The summed E-state index contributed by atoms with van der Waals surface area (Å²) in [5.74, 6) is -0.947. The van der Waals surface area contributed by atoms with Gasteiger partial charge >= 0.3 is 6.03 Å². The minimum absolute atomic E-state index is 0.0398. The van der Waals surface area contributed by atoms with Crippen molar-refractivity contribution in [1.29, 1.82) is 0 Å². The Hall–Kier alpha value is -2.80. The van der Waals surface area contributed by atoms with Crippen LogP contribution in [0, 0.1) is 5.92 Å². The molecule has 2 heterocycles. The number of nitrogens with zero attached hydrogens (tertiary/aromatic N) is 3. The minimum atomic E-state index is -0.649. The summed E-state index contributed by atoms with van der Waals surface area (Å²) < 4.78 is 0. The third-order valence-electron chi connectivity index (χ3n) is 3.55. The van der Waals surface area contributed by atoms with Gasteiger partial charge in [0.1, 0.15) is 5.82 Å². The molecule has 1 aromatic heterocycles. The van der Waals surface area contributed by atoms with Crippen LogP contribution >= 0.6 is 11.6 Å². The van der Waals surface area contributed by atoms with Gasteiger partial charge < -0.3 is 5.32 Å². The summed E-state index contributed by atoms with van der Waals surface area (Å²) in [5.41, 5.74) is 0.429. The number of aliphatic imine (C=N–C) groups is 1. The van der Waals surface area contributed by atoms with Crippen molar-refractivity contribution < 1.29 is 14.4 Å². The quantitative estimate of drug-likeness (QED) is 0.906. The molecule has 0 saturated carbocycles. The Kier molecular flexibility index (Phi) is 4.52. The number of pyridine rings is 1. The number of halogens is 1. The summed E-state index contributed by atoms with van der Waals surface area (Å²) in [5, 5.41) is 3.03. The van der Waals surface area contributed by atoms with Crippen molar-refractivity contribution in [3.63, 3.8) is 0 Å². The van der Waals surface area contributed by atoms with Crippen molar-refractivity contribution >= 4 is 41.0 Å². The molecule has 1 atom stereocenters. The summed E-state index contributed by atoms with van der Waals surface area (Å²) in [6.07, 6.45) is 8.13. The number of aromatic nitrogens is 1. The van der Waals surface area contributed by atoms with Crippen LogP contribution in [0.1, 0.15) is 6.42 Å². The Labute approximate surface area is 142 Å². The van der Waals surface area contributed by atoms with Crippen LogP contribution in [0.5, 0.6) is 0 Å². The highest BCUT2D eigenvalue weighted by atomic mass is 35.5. The van der Waals surface area contributed by atoms with Crippen molar-refractivity contribution in [2.75, 3.05) is 11.9 Å². The predicted octanol–water partition coefficient (Wildman–Crippen LogP) is 2.21. The van der Waals surface area contributed by atoms with Crippen molar-refractivity contribution in [2.45, 2.75) is 6.42 Å². The molecule has 24 heavy (non-hydrogen) atoms. The Balaban J connectivity index is 1.61. The van der Waals surface area contributed by atoms with Gasteiger partial charge in [-0.2, -0.15) is 4.99 Å². The molecule has 0 bridgehead atoms. The van der Waals surface area contributed by atoms with Gasteiger partial charge in [-0.1, -0.05) is 29.8 Å². The topological polar surface area (TPSA) is 91.7 Å². The molecule has 1 N–H and O–H groups in total. The van der Waals surface area contributed by atoms with Gasteiger partial charge in [-0.05, 0) is 18.2 Å². The number of imide groups is 1. The largest absolute Gasteiger partial charge is 0.350 e. The van der Waals surface area contributed by atoms with Gasteiger partial charge in [-0.25, -0.2) is 9.78 Å². The van der Waals surface area contributed by atoms with Gasteiger partial charge in [-0.3, -0.25) is 14.5 Å². The number of carbonyl (C=O) groups excluding carboxylic acids is 3. The second kappa shape index (κ2) is 6.76. The van der Waals surface area contributed by atoms with Crippen LogP contribution in [0.2, 0.25) is 5.02 Å². The summed E-state index contributed by atoms with van der Waals surface area (Å²) >= 11 is 5.72. The molecule has 122 valence electrons. The zero-order chi connectivity index (χ0) is 17.1. The normalized spacial score (nSPS) is 19.1. The standard InChI is InChI=1S/C16H13ClN4O3/c17-10-5-6-13(18-9-10)20-14(22)7-8-21-15(23)11-3-1-2-4-12(11)19-16(21)24/h1-6,9,11H,7-8H2,(H,18,20,22). The first kappa shape index (κ1) is 16.1. The lowest BCUT2D eigenvalue weighted by Gasteiger charge is -2.27. The SMILES string of the molecule is O=C(CCN1C(=O)N=C2C=CC=CC2C1=O)Nc1ccc(Cl)cn1. The van der Waals surface area contributed by atoms with Gasteiger partial charge in [0.15, 0.2) is 0 Å². The number of nitrogens with one attached hydrogen (secondary N) is 1. The molecule has 1 unspecified atom stereocenters. The van der Waals surface area contributed by atoms with E-state index in [4.69, 9.17) is 11.6 Å². The number of hydrogen-bond acceptors (Lipinski definition) is 4. The lowest BCUT2D eigenvalue weighted by Crippen LogP contribution is -2.46. The van der Waals surface area contributed by atoms with E-state index in [1.54, 1.807) is 36.4 Å². The molecule has 1 aliphatic heterocycles. The van der Waals surface area contributed by atoms with Gasteiger partial charge in [0.25, 0.3) is 0 Å². The number of rotatable bonds is 4. The first-order valence-electron chi connectivity index (χ1n) is 7.25. The number of allylic oxidation sites excluding steroid dienone is 3. The number of anilines is 1. The molecule has 3 rings (SSSR count). The van der Waals surface area contributed by atoms with E-state index in [-0.39, 0.29) is 24.8 Å². The number of fused-ring (bicyclic) bond motifs is 1. The summed E-state index contributed by atoms with van der Waals surface area (Å²) in [6, 6.07) is 2.51. The number of amides is 4. The third-order valence-corrected chi connectivity index (χ3v) is 3.77. The molecule has 0 saturated heterocycles. The molecule has 2 aliphatic rings. The molecule has 7 nitrogen and oxygen atoms in total. The van der Waals surface area contributed by atoms with Crippen LogP contribution in [0.4, 0.5) is 10.6 Å². The third kappa shape index (κ3) is 3.41. The Morgan fingerprint density at radius 3 is 2.88 bits per heavy atom. The zero-order valence-electron chi connectivity index (χ0n) is 12.5. The number of carbonyl (C=O) groups is 3. The van der Waals surface area contributed by atoms with E-state index in [1.165, 1.54) is 6.20 Å². The smallest absolute Gasteiger partial charge is 0.311 e. The molecular weight excluding hydrogens is 332 g/mol. The van der Waals surface area contributed by atoms with Crippen LogP contribution < -0.4 is 5.32 Å². The van der Waals surface area contributed by atoms with E-state index in [0.29, 0.717) is 16.6 Å². The van der Waals surface area contributed by atoms with Crippen LogP contribution in [0.3, 0.4) is 0 Å². The minimum Gasteiger partial charge on any atom is -0.311 e. The zero-order valence-corrected chi connectivity index (χ0v) is 13.2. The highest BCUT2D eigenvalue weighted by molar-refractivity contribution is 6.30. The number of hydrogen-bond donors (Lipinski definition) is 1. The summed E-state index contributed by atoms with van der Waals surface area (Å²) in [7, 11) is 0. The maximum absolute atomic E-state index is 12.4. The van der Waals surface area contributed by atoms with Crippen molar-refractivity contribution in [1.82, 2.24) is 9.88 Å². The average Bonchev–Trinajstić information content (AvgIpc) is 2.57. The number of urea groups is 1. The van der Waals surface area contributed by atoms with Gasteiger partial charge in [0.05, 0.1) is 16.7 Å². The highest BCUT2D eigenvalue weighted by Crippen LogP contribution is 2.19. The van der Waals surface area contributed by atoms with Crippen molar-refractivity contribution in [2.24, 2.45) is 10.9 Å². The van der Waals surface area contributed by atoms with E-state index >= 15 is 0 Å². The van der Waals surface area contributed by atoms with Gasteiger partial charge in [0, 0.05) is 19.2 Å². The Bertz CT molecular complexity index is 783. The molecular formula is C16H13ClN4O3. The molecule has 0 radical (unpaired) electrons. The molecule has 1 aliphatic carbocycles. The first-order valence-corrected chi connectivity index (χ1v) is 7.62. The van der Waals surface area contributed by atoms with Crippen LogP contribution in [0.15, 0.2) is 47.6 Å². The molecule has 8 heteroatoms. The first-order chi connectivity index (χ1) is 11.5. The Morgan fingerprint density at radius 2 is 2.12 bits per heavy atom.